The molecule has 126 valence electrons. The van der Waals surface area contributed by atoms with E-state index in [0.29, 0.717) is 10.9 Å². The molecule has 0 radical (unpaired) electrons. The molecule has 1 aromatic carbocycles. The van der Waals surface area contributed by atoms with Crippen LogP contribution in [0.3, 0.4) is 0 Å². The smallest absolute Gasteiger partial charge is 0.198 e. The van der Waals surface area contributed by atoms with Gasteiger partial charge in [-0.3, -0.25) is 4.90 Å². The summed E-state index contributed by atoms with van der Waals surface area (Å²) in [5.41, 5.74) is 1.63. The average Bonchev–Trinajstić information content (AvgIpc) is 3.20. The summed E-state index contributed by atoms with van der Waals surface area (Å²) in [6.45, 7) is 4.09. The van der Waals surface area contributed by atoms with Crippen LogP contribution in [0.2, 0.25) is 5.02 Å². The molecular weight excluding hydrogens is 328 g/mol. The van der Waals surface area contributed by atoms with Gasteiger partial charge < -0.3 is 4.42 Å². The molecule has 8 heteroatoms. The van der Waals surface area contributed by atoms with E-state index < -0.39 is 0 Å². The fourth-order valence-corrected chi connectivity index (χ4v) is 3.55. The van der Waals surface area contributed by atoms with Crippen LogP contribution in [0.4, 0.5) is 0 Å². The van der Waals surface area contributed by atoms with Crippen molar-refractivity contribution < 1.29 is 4.42 Å². The lowest BCUT2D eigenvalue weighted by Gasteiger charge is -2.34. The van der Waals surface area contributed by atoms with Crippen LogP contribution in [0.25, 0.3) is 11.1 Å². The second-order valence-electron chi connectivity index (χ2n) is 6.31. The number of halogens is 1. The molecule has 0 N–H and O–H groups in total. The van der Waals surface area contributed by atoms with Gasteiger partial charge in [-0.25, -0.2) is 9.67 Å². The number of fused-ring (bicyclic) bond motifs is 1. The van der Waals surface area contributed by atoms with E-state index in [-0.39, 0.29) is 6.04 Å². The number of aromatic nitrogens is 5. The Morgan fingerprint density at radius 2 is 2.08 bits per heavy atom. The third-order valence-corrected chi connectivity index (χ3v) is 5.05. The third-order valence-electron chi connectivity index (χ3n) is 4.82. The zero-order valence-electron chi connectivity index (χ0n) is 13.7. The molecule has 1 aliphatic rings. The van der Waals surface area contributed by atoms with E-state index in [1.807, 2.05) is 25.2 Å². The number of hydrogen-bond acceptors (Lipinski definition) is 6. The van der Waals surface area contributed by atoms with Crippen molar-refractivity contribution in [1.29, 1.82) is 0 Å². The quantitative estimate of drug-likeness (QED) is 0.726. The molecule has 3 aromatic rings. The Balaban J connectivity index is 1.46. The maximum atomic E-state index is 6.02. The Hall–Kier alpha value is -1.99. The van der Waals surface area contributed by atoms with Crippen molar-refractivity contribution in [2.24, 2.45) is 7.05 Å². The van der Waals surface area contributed by atoms with E-state index in [2.05, 4.69) is 32.3 Å². The van der Waals surface area contributed by atoms with Gasteiger partial charge in [-0.05, 0) is 61.5 Å². The van der Waals surface area contributed by atoms with Gasteiger partial charge in [0.2, 0.25) is 0 Å². The first kappa shape index (κ1) is 15.5. The lowest BCUT2D eigenvalue weighted by Crippen LogP contribution is -2.36. The van der Waals surface area contributed by atoms with E-state index >= 15 is 0 Å². The van der Waals surface area contributed by atoms with Crippen LogP contribution in [0.15, 0.2) is 22.6 Å². The molecule has 7 nitrogen and oxygen atoms in total. The number of benzene rings is 1. The third kappa shape index (κ3) is 2.78. The van der Waals surface area contributed by atoms with Gasteiger partial charge in [0.15, 0.2) is 17.3 Å². The number of piperidine rings is 1. The Morgan fingerprint density at radius 3 is 2.79 bits per heavy atom. The van der Waals surface area contributed by atoms with Crippen molar-refractivity contribution in [3.63, 3.8) is 0 Å². The summed E-state index contributed by atoms with van der Waals surface area (Å²) < 4.78 is 7.66. The standard InChI is InChI=1S/C16H19ClN6O/c1-10(15-19-20-21-22(15)2)23-7-5-11(6-8-23)16-18-13-9-12(17)3-4-14(13)24-16/h3-4,9-11H,5-8H2,1-2H3. The molecule has 1 atom stereocenters. The molecule has 0 bridgehead atoms. The molecular formula is C16H19ClN6O. The van der Waals surface area contributed by atoms with Gasteiger partial charge in [0, 0.05) is 18.0 Å². The van der Waals surface area contributed by atoms with Crippen LogP contribution < -0.4 is 0 Å². The zero-order valence-corrected chi connectivity index (χ0v) is 14.4. The zero-order chi connectivity index (χ0) is 16.7. The van der Waals surface area contributed by atoms with E-state index in [1.165, 1.54) is 0 Å². The molecule has 0 amide bonds. The van der Waals surface area contributed by atoms with Gasteiger partial charge >= 0.3 is 0 Å². The molecule has 4 rings (SSSR count). The van der Waals surface area contributed by atoms with Crippen molar-refractivity contribution in [2.45, 2.75) is 31.7 Å². The fourth-order valence-electron chi connectivity index (χ4n) is 3.38. The minimum atomic E-state index is 0.202. The molecule has 24 heavy (non-hydrogen) atoms. The van der Waals surface area contributed by atoms with Crippen LogP contribution in [0.5, 0.6) is 0 Å². The van der Waals surface area contributed by atoms with E-state index in [9.17, 15) is 0 Å². The number of hydrogen-bond donors (Lipinski definition) is 0. The van der Waals surface area contributed by atoms with Crippen LogP contribution in [0.1, 0.15) is 43.4 Å². The summed E-state index contributed by atoms with van der Waals surface area (Å²) in [5, 5.41) is 12.5. The lowest BCUT2D eigenvalue weighted by atomic mass is 9.95. The second-order valence-corrected chi connectivity index (χ2v) is 6.75. The Morgan fingerprint density at radius 1 is 1.29 bits per heavy atom. The molecule has 1 unspecified atom stereocenters. The molecule has 2 aromatic heterocycles. The highest BCUT2D eigenvalue weighted by Gasteiger charge is 2.29. The molecule has 1 saturated heterocycles. The molecule has 1 fully saturated rings. The van der Waals surface area contributed by atoms with E-state index in [4.69, 9.17) is 16.0 Å². The van der Waals surface area contributed by atoms with Crippen molar-refractivity contribution >= 4 is 22.7 Å². The summed E-state index contributed by atoms with van der Waals surface area (Å²) in [7, 11) is 1.88. The van der Waals surface area contributed by atoms with Crippen molar-refractivity contribution in [3.05, 3.63) is 34.9 Å². The van der Waals surface area contributed by atoms with Gasteiger partial charge in [-0.15, -0.1) is 5.10 Å². The van der Waals surface area contributed by atoms with Crippen molar-refractivity contribution in [2.75, 3.05) is 13.1 Å². The van der Waals surface area contributed by atoms with Crippen molar-refractivity contribution in [1.82, 2.24) is 30.1 Å². The number of tetrazole rings is 1. The van der Waals surface area contributed by atoms with Crippen molar-refractivity contribution in [3.8, 4) is 0 Å². The fraction of sp³-hybridized carbons (Fsp3) is 0.500. The van der Waals surface area contributed by atoms with Crippen LogP contribution in [0, 0.1) is 0 Å². The highest BCUT2D eigenvalue weighted by atomic mass is 35.5. The van der Waals surface area contributed by atoms with E-state index in [1.54, 1.807) is 4.68 Å². The average molecular weight is 347 g/mol. The lowest BCUT2D eigenvalue weighted by molar-refractivity contribution is 0.147. The summed E-state index contributed by atoms with van der Waals surface area (Å²) >= 11 is 6.02. The van der Waals surface area contributed by atoms with Gasteiger partial charge in [-0.2, -0.15) is 0 Å². The summed E-state index contributed by atoms with van der Waals surface area (Å²) in [6, 6.07) is 5.76. The largest absolute Gasteiger partial charge is 0.440 e. The predicted molar refractivity (Wildman–Crippen MR) is 89.8 cm³/mol. The first-order chi connectivity index (χ1) is 11.6. The minimum absolute atomic E-state index is 0.202. The van der Waals surface area contributed by atoms with Crippen LogP contribution >= 0.6 is 11.6 Å². The minimum Gasteiger partial charge on any atom is -0.440 e. The van der Waals surface area contributed by atoms with Gasteiger partial charge in [0.05, 0.1) is 6.04 Å². The van der Waals surface area contributed by atoms with E-state index in [0.717, 1.165) is 48.7 Å². The number of nitrogens with zero attached hydrogens (tertiary/aromatic N) is 6. The highest BCUT2D eigenvalue weighted by Crippen LogP contribution is 2.33. The van der Waals surface area contributed by atoms with Crippen LogP contribution in [-0.4, -0.2) is 43.2 Å². The monoisotopic (exact) mass is 346 g/mol. The Labute approximate surface area is 144 Å². The second kappa shape index (κ2) is 6.14. The predicted octanol–water partition coefficient (Wildman–Crippen LogP) is 2.95. The highest BCUT2D eigenvalue weighted by molar-refractivity contribution is 6.31. The summed E-state index contributed by atoms with van der Waals surface area (Å²) in [6.07, 6.45) is 2.02. The molecule has 0 spiro atoms. The number of likely N-dealkylation sites (tertiary alicyclic amines) is 1. The summed E-state index contributed by atoms with van der Waals surface area (Å²) in [5.74, 6) is 2.06. The number of rotatable bonds is 3. The van der Waals surface area contributed by atoms with Gasteiger partial charge in [0.1, 0.15) is 5.52 Å². The molecule has 0 saturated carbocycles. The van der Waals surface area contributed by atoms with Crippen LogP contribution in [-0.2, 0) is 7.05 Å². The topological polar surface area (TPSA) is 72.9 Å². The maximum Gasteiger partial charge on any atom is 0.198 e. The number of oxazole rings is 1. The van der Waals surface area contributed by atoms with Gasteiger partial charge in [0.25, 0.3) is 0 Å². The van der Waals surface area contributed by atoms with Gasteiger partial charge in [-0.1, -0.05) is 11.6 Å². The Kier molecular flexibility index (Phi) is 3.97. The normalized spacial score (nSPS) is 18.3. The maximum absolute atomic E-state index is 6.02. The first-order valence-electron chi connectivity index (χ1n) is 8.14. The summed E-state index contributed by atoms with van der Waals surface area (Å²) in [4.78, 5) is 7.03. The number of aryl methyl sites for hydroxylation is 1. The molecule has 1 aliphatic heterocycles. The molecule has 3 heterocycles. The first-order valence-corrected chi connectivity index (χ1v) is 8.52. The SMILES string of the molecule is CC(c1nnnn1C)N1CCC(c2nc3cc(Cl)ccc3o2)CC1. The molecule has 0 aliphatic carbocycles. The Bertz CT molecular complexity index is 851.